The Hall–Kier alpha value is -0.810. The van der Waals surface area contributed by atoms with Crippen LogP contribution in [0.25, 0.3) is 0 Å². The van der Waals surface area contributed by atoms with Gasteiger partial charge in [0.25, 0.3) is 5.92 Å². The lowest BCUT2D eigenvalue weighted by molar-refractivity contribution is -0.0780. The minimum atomic E-state index is -3.24. The molecule has 0 aliphatic carbocycles. The van der Waals surface area contributed by atoms with E-state index in [9.17, 15) is 17.6 Å². The Balaban J connectivity index is 0.00000162. The summed E-state index contributed by atoms with van der Waals surface area (Å²) in [7, 11) is 0. The fraction of sp³-hybridized carbons (Fsp3) is 0.500. The Labute approximate surface area is 109 Å². The molecule has 1 aliphatic rings. The Morgan fingerprint density at radius 3 is 2.28 bits per heavy atom. The standard InChI is InChI=1S/C12H13F4N.ClH/c13-9-1-2-10(11(14)7-9)12(15,16)8-3-5-17-6-4-8;/h1-2,7-8,17H,3-6H2;1H. The summed E-state index contributed by atoms with van der Waals surface area (Å²) in [6.45, 7) is 1.01. The highest BCUT2D eigenvalue weighted by Gasteiger charge is 2.43. The minimum absolute atomic E-state index is 0. The predicted octanol–water partition coefficient (Wildman–Crippen LogP) is 3.48. The maximum absolute atomic E-state index is 14.0. The first kappa shape index (κ1) is 15.2. The molecule has 6 heteroatoms. The van der Waals surface area contributed by atoms with Gasteiger partial charge in [-0.05, 0) is 38.1 Å². The zero-order valence-electron chi connectivity index (χ0n) is 9.56. The monoisotopic (exact) mass is 283 g/mol. The number of alkyl halides is 2. The van der Waals surface area contributed by atoms with Crippen LogP contribution in [0.5, 0.6) is 0 Å². The van der Waals surface area contributed by atoms with Gasteiger partial charge in [0, 0.05) is 12.0 Å². The molecular weight excluding hydrogens is 270 g/mol. The lowest BCUT2D eigenvalue weighted by atomic mass is 9.87. The van der Waals surface area contributed by atoms with Crippen molar-refractivity contribution in [3.05, 3.63) is 35.4 Å². The van der Waals surface area contributed by atoms with Crippen molar-refractivity contribution in [1.29, 1.82) is 0 Å². The van der Waals surface area contributed by atoms with Crippen LogP contribution in [0.3, 0.4) is 0 Å². The summed E-state index contributed by atoms with van der Waals surface area (Å²) in [6, 6.07) is 2.21. The zero-order valence-corrected chi connectivity index (χ0v) is 10.4. The molecule has 1 saturated heterocycles. The first-order chi connectivity index (χ1) is 8.01. The fourth-order valence-electron chi connectivity index (χ4n) is 2.16. The van der Waals surface area contributed by atoms with Gasteiger partial charge in [0.05, 0.1) is 5.56 Å². The van der Waals surface area contributed by atoms with E-state index in [2.05, 4.69) is 5.32 Å². The van der Waals surface area contributed by atoms with Gasteiger partial charge in [0.2, 0.25) is 0 Å². The van der Waals surface area contributed by atoms with E-state index in [-0.39, 0.29) is 12.4 Å². The van der Waals surface area contributed by atoms with Crippen LogP contribution in [0.2, 0.25) is 0 Å². The third-order valence-corrected chi connectivity index (χ3v) is 3.14. The van der Waals surface area contributed by atoms with Gasteiger partial charge in [-0.1, -0.05) is 0 Å². The molecule has 102 valence electrons. The maximum atomic E-state index is 14.0. The maximum Gasteiger partial charge on any atom is 0.278 e. The molecule has 1 aromatic carbocycles. The Bertz CT molecular complexity index is 405. The quantitative estimate of drug-likeness (QED) is 0.820. The topological polar surface area (TPSA) is 12.0 Å². The van der Waals surface area contributed by atoms with Crippen molar-refractivity contribution >= 4 is 12.4 Å². The Morgan fingerprint density at radius 2 is 1.72 bits per heavy atom. The predicted molar refractivity (Wildman–Crippen MR) is 63.1 cm³/mol. The molecule has 0 aromatic heterocycles. The second-order valence-electron chi connectivity index (χ2n) is 4.27. The second-order valence-corrected chi connectivity index (χ2v) is 4.27. The highest BCUT2D eigenvalue weighted by molar-refractivity contribution is 5.85. The third kappa shape index (κ3) is 2.95. The van der Waals surface area contributed by atoms with E-state index < -0.39 is 29.0 Å². The highest BCUT2D eigenvalue weighted by atomic mass is 35.5. The van der Waals surface area contributed by atoms with E-state index in [1.165, 1.54) is 0 Å². The first-order valence-corrected chi connectivity index (χ1v) is 5.56. The first-order valence-electron chi connectivity index (χ1n) is 5.56. The second kappa shape index (κ2) is 5.89. The molecule has 2 rings (SSSR count). The molecule has 1 nitrogen and oxygen atoms in total. The van der Waals surface area contributed by atoms with Crippen molar-refractivity contribution in [3.8, 4) is 0 Å². The van der Waals surface area contributed by atoms with Crippen LogP contribution in [0.15, 0.2) is 18.2 Å². The van der Waals surface area contributed by atoms with E-state index in [4.69, 9.17) is 0 Å². The van der Waals surface area contributed by atoms with Crippen molar-refractivity contribution in [2.45, 2.75) is 18.8 Å². The zero-order chi connectivity index (χ0) is 12.5. The average molecular weight is 284 g/mol. The van der Waals surface area contributed by atoms with Gasteiger partial charge in [0.15, 0.2) is 0 Å². The number of nitrogens with one attached hydrogen (secondary N) is 1. The minimum Gasteiger partial charge on any atom is -0.317 e. The van der Waals surface area contributed by atoms with Crippen LogP contribution in [0, 0.1) is 17.6 Å². The average Bonchev–Trinajstić information content (AvgIpc) is 2.29. The SMILES string of the molecule is Cl.Fc1ccc(C(F)(F)C2CCNCC2)c(F)c1. The third-order valence-electron chi connectivity index (χ3n) is 3.14. The summed E-state index contributed by atoms with van der Waals surface area (Å²) in [4.78, 5) is 0. The molecule has 1 N–H and O–H groups in total. The summed E-state index contributed by atoms with van der Waals surface area (Å²) in [5, 5.41) is 2.97. The van der Waals surface area contributed by atoms with E-state index in [1.54, 1.807) is 0 Å². The van der Waals surface area contributed by atoms with Gasteiger partial charge in [-0.15, -0.1) is 12.4 Å². The van der Waals surface area contributed by atoms with Crippen LogP contribution in [0.4, 0.5) is 17.6 Å². The lowest BCUT2D eigenvalue weighted by Crippen LogP contribution is -2.37. The van der Waals surface area contributed by atoms with E-state index in [0.717, 1.165) is 12.1 Å². The molecule has 1 fully saturated rings. The van der Waals surface area contributed by atoms with Crippen LogP contribution in [-0.2, 0) is 5.92 Å². The van der Waals surface area contributed by atoms with Gasteiger partial charge >= 0.3 is 0 Å². The summed E-state index contributed by atoms with van der Waals surface area (Å²) in [6.07, 6.45) is 0.591. The molecular formula is C12H14ClF4N. The van der Waals surface area contributed by atoms with Gasteiger partial charge in [0.1, 0.15) is 11.6 Å². The normalized spacial score (nSPS) is 17.3. The summed E-state index contributed by atoms with van der Waals surface area (Å²) < 4.78 is 54.1. The van der Waals surface area contributed by atoms with Crippen LogP contribution in [0.1, 0.15) is 18.4 Å². The van der Waals surface area contributed by atoms with Gasteiger partial charge in [-0.2, -0.15) is 0 Å². The molecule has 0 unspecified atom stereocenters. The van der Waals surface area contributed by atoms with Crippen molar-refractivity contribution < 1.29 is 17.6 Å². The molecule has 0 amide bonds. The lowest BCUT2D eigenvalue weighted by Gasteiger charge is -2.30. The number of hydrogen-bond acceptors (Lipinski definition) is 1. The van der Waals surface area contributed by atoms with Crippen molar-refractivity contribution in [3.63, 3.8) is 0 Å². The van der Waals surface area contributed by atoms with Crippen LogP contribution in [-0.4, -0.2) is 13.1 Å². The van der Waals surface area contributed by atoms with Crippen molar-refractivity contribution in [2.24, 2.45) is 5.92 Å². The number of benzene rings is 1. The van der Waals surface area contributed by atoms with E-state index in [0.29, 0.717) is 32.0 Å². The molecule has 0 radical (unpaired) electrons. The largest absolute Gasteiger partial charge is 0.317 e. The molecule has 1 aromatic rings. The smallest absolute Gasteiger partial charge is 0.278 e. The van der Waals surface area contributed by atoms with Gasteiger partial charge in [-0.25, -0.2) is 17.6 Å². The fourth-order valence-corrected chi connectivity index (χ4v) is 2.16. The molecule has 0 spiro atoms. The Kier molecular flexibility index (Phi) is 4.99. The van der Waals surface area contributed by atoms with Crippen LogP contribution < -0.4 is 5.32 Å². The van der Waals surface area contributed by atoms with Gasteiger partial charge < -0.3 is 5.32 Å². The molecule has 1 heterocycles. The summed E-state index contributed by atoms with van der Waals surface area (Å²) in [5.74, 6) is -6.13. The molecule has 0 saturated carbocycles. The van der Waals surface area contributed by atoms with E-state index in [1.807, 2.05) is 0 Å². The summed E-state index contributed by atoms with van der Waals surface area (Å²) >= 11 is 0. The number of piperidine rings is 1. The molecule has 18 heavy (non-hydrogen) atoms. The van der Waals surface area contributed by atoms with Crippen molar-refractivity contribution in [2.75, 3.05) is 13.1 Å². The molecule has 0 bridgehead atoms. The Morgan fingerprint density at radius 1 is 1.11 bits per heavy atom. The number of rotatable bonds is 2. The van der Waals surface area contributed by atoms with Gasteiger partial charge in [-0.3, -0.25) is 0 Å². The summed E-state index contributed by atoms with van der Waals surface area (Å²) in [5.41, 5.74) is -0.703. The highest BCUT2D eigenvalue weighted by Crippen LogP contribution is 2.41. The number of hydrogen-bond donors (Lipinski definition) is 1. The van der Waals surface area contributed by atoms with E-state index >= 15 is 0 Å². The van der Waals surface area contributed by atoms with Crippen LogP contribution >= 0.6 is 12.4 Å². The van der Waals surface area contributed by atoms with Crippen molar-refractivity contribution in [1.82, 2.24) is 5.32 Å². The number of halogens is 5. The molecule has 1 aliphatic heterocycles. The molecule has 0 atom stereocenters.